The number of piperazine rings is 1. The molecule has 7 heteroatoms. The molecule has 1 amide bonds. The van der Waals surface area contributed by atoms with Crippen LogP contribution in [0.4, 0.5) is 5.69 Å². The van der Waals surface area contributed by atoms with Crippen molar-refractivity contribution in [1.82, 2.24) is 9.88 Å². The summed E-state index contributed by atoms with van der Waals surface area (Å²) in [6.45, 7) is 6.28. The summed E-state index contributed by atoms with van der Waals surface area (Å²) in [5.74, 6) is -0.201. The first kappa shape index (κ1) is 20.2. The Morgan fingerprint density at radius 2 is 1.89 bits per heavy atom. The van der Waals surface area contributed by atoms with Gasteiger partial charge in [0.1, 0.15) is 6.61 Å². The van der Waals surface area contributed by atoms with Gasteiger partial charge in [0.15, 0.2) is 5.78 Å². The molecule has 6 nitrogen and oxygen atoms in total. The van der Waals surface area contributed by atoms with E-state index in [0.29, 0.717) is 19.5 Å². The zero-order valence-corrected chi connectivity index (χ0v) is 17.0. The van der Waals surface area contributed by atoms with Crippen LogP contribution in [0.2, 0.25) is 0 Å². The van der Waals surface area contributed by atoms with Crippen molar-refractivity contribution in [2.24, 2.45) is 0 Å². The molecule has 28 heavy (non-hydrogen) atoms. The summed E-state index contributed by atoms with van der Waals surface area (Å²) in [4.78, 5) is 33.7. The highest BCUT2D eigenvalue weighted by molar-refractivity contribution is 7.11. The number of amides is 1. The first-order chi connectivity index (χ1) is 13.5. The number of aryl methyl sites for hydroxylation is 2. The largest absolute Gasteiger partial charge is 0.388 e. The molecule has 1 aliphatic heterocycles. The number of aliphatic hydroxyl groups is 1. The molecule has 0 aliphatic carbocycles. The Morgan fingerprint density at radius 1 is 1.18 bits per heavy atom. The molecule has 2 heterocycles. The third kappa shape index (κ3) is 4.85. The van der Waals surface area contributed by atoms with Crippen molar-refractivity contribution < 1.29 is 14.7 Å². The number of anilines is 1. The van der Waals surface area contributed by atoms with E-state index in [2.05, 4.69) is 9.88 Å². The van der Waals surface area contributed by atoms with Crippen molar-refractivity contribution in [2.45, 2.75) is 20.3 Å². The van der Waals surface area contributed by atoms with Crippen LogP contribution in [0, 0.1) is 13.8 Å². The van der Waals surface area contributed by atoms with Crippen molar-refractivity contribution in [3.63, 3.8) is 0 Å². The van der Waals surface area contributed by atoms with Gasteiger partial charge in [-0.3, -0.25) is 9.59 Å². The molecule has 0 saturated carbocycles. The van der Waals surface area contributed by atoms with Crippen LogP contribution in [0.1, 0.15) is 21.1 Å². The van der Waals surface area contributed by atoms with Crippen molar-refractivity contribution in [3.05, 3.63) is 51.5 Å². The van der Waals surface area contributed by atoms with E-state index in [1.165, 1.54) is 6.08 Å². The Morgan fingerprint density at radius 3 is 2.54 bits per heavy atom. The summed E-state index contributed by atoms with van der Waals surface area (Å²) >= 11 is 1.63. The van der Waals surface area contributed by atoms with Crippen LogP contribution in [0.15, 0.2) is 30.3 Å². The van der Waals surface area contributed by atoms with E-state index in [4.69, 9.17) is 5.11 Å². The first-order valence-corrected chi connectivity index (χ1v) is 10.2. The van der Waals surface area contributed by atoms with Gasteiger partial charge in [-0.1, -0.05) is 18.2 Å². The smallest absolute Gasteiger partial charge is 0.228 e. The van der Waals surface area contributed by atoms with Gasteiger partial charge >= 0.3 is 0 Å². The fraction of sp³-hybridized carbons (Fsp3) is 0.381. The number of aromatic nitrogens is 1. The van der Waals surface area contributed by atoms with Crippen LogP contribution in [-0.2, 0) is 16.0 Å². The normalized spacial score (nSPS) is 14.7. The molecule has 1 N–H and O–H groups in total. The van der Waals surface area contributed by atoms with Crippen LogP contribution in [-0.4, -0.2) is 59.5 Å². The monoisotopic (exact) mass is 399 g/mol. The lowest BCUT2D eigenvalue weighted by molar-refractivity contribution is -0.130. The lowest BCUT2D eigenvalue weighted by Crippen LogP contribution is -2.49. The molecule has 1 aliphatic rings. The molecule has 2 aromatic rings. The highest BCUT2D eigenvalue weighted by Gasteiger charge is 2.23. The summed E-state index contributed by atoms with van der Waals surface area (Å²) in [5, 5.41) is 9.88. The predicted octanol–water partition coefficient (Wildman–Crippen LogP) is 2.23. The highest BCUT2D eigenvalue weighted by atomic mass is 32.1. The van der Waals surface area contributed by atoms with Crippen molar-refractivity contribution in [3.8, 4) is 0 Å². The number of carbonyl (C=O) groups excluding carboxylic acids is 2. The summed E-state index contributed by atoms with van der Waals surface area (Å²) in [7, 11) is 0. The third-order valence-corrected chi connectivity index (χ3v) is 5.76. The quantitative estimate of drug-likeness (QED) is 0.754. The molecule has 1 fully saturated rings. The maximum absolute atomic E-state index is 12.6. The van der Waals surface area contributed by atoms with E-state index >= 15 is 0 Å². The SMILES string of the molecule is Cc1nc(CC(=O)N2CCN(c3ccccc3/C=C/C(=O)CO)CC2)c(C)s1. The van der Waals surface area contributed by atoms with E-state index in [0.717, 1.165) is 39.9 Å². The van der Waals surface area contributed by atoms with Crippen LogP contribution >= 0.6 is 11.3 Å². The standard InChI is InChI=1S/C21H25N3O3S/c1-15-19(22-16(2)28-15)13-21(27)24-11-9-23(10-12-24)20-6-4-3-5-17(20)7-8-18(26)14-25/h3-8,25H,9-14H2,1-2H3/b8-7+. The lowest BCUT2D eigenvalue weighted by atomic mass is 10.1. The summed E-state index contributed by atoms with van der Waals surface area (Å²) < 4.78 is 0. The van der Waals surface area contributed by atoms with Crippen LogP contribution < -0.4 is 4.90 Å². The van der Waals surface area contributed by atoms with Crippen LogP contribution in [0.5, 0.6) is 0 Å². The van der Waals surface area contributed by atoms with E-state index in [9.17, 15) is 9.59 Å². The maximum Gasteiger partial charge on any atom is 0.228 e. The number of thiazole rings is 1. The minimum absolute atomic E-state index is 0.120. The number of benzene rings is 1. The number of hydrogen-bond donors (Lipinski definition) is 1. The summed E-state index contributed by atoms with van der Waals surface area (Å²) in [5.41, 5.74) is 2.85. The Kier molecular flexibility index (Phi) is 6.59. The first-order valence-electron chi connectivity index (χ1n) is 9.34. The Bertz CT molecular complexity index is 883. The molecule has 0 spiro atoms. The fourth-order valence-electron chi connectivity index (χ4n) is 3.34. The minimum Gasteiger partial charge on any atom is -0.388 e. The third-order valence-electron chi connectivity index (χ3n) is 4.83. The summed E-state index contributed by atoms with van der Waals surface area (Å²) in [6.07, 6.45) is 3.49. The zero-order valence-electron chi connectivity index (χ0n) is 16.2. The minimum atomic E-state index is -0.489. The molecular formula is C21H25N3O3S. The molecule has 148 valence electrons. The second-order valence-corrected chi connectivity index (χ2v) is 8.20. The number of nitrogens with zero attached hydrogens (tertiary/aromatic N) is 3. The van der Waals surface area contributed by atoms with E-state index in [1.807, 2.05) is 43.0 Å². The summed E-state index contributed by atoms with van der Waals surface area (Å²) in [6, 6.07) is 7.85. The number of aliphatic hydroxyl groups excluding tert-OH is 1. The van der Waals surface area contributed by atoms with Gasteiger partial charge in [0.25, 0.3) is 0 Å². The topological polar surface area (TPSA) is 73.7 Å². The number of hydrogen-bond acceptors (Lipinski definition) is 6. The van der Waals surface area contributed by atoms with Crippen molar-refractivity contribution in [2.75, 3.05) is 37.7 Å². The van der Waals surface area contributed by atoms with Gasteiger partial charge in [0.05, 0.1) is 17.1 Å². The van der Waals surface area contributed by atoms with Gasteiger partial charge in [-0.05, 0) is 37.6 Å². The molecule has 1 aromatic heterocycles. The van der Waals surface area contributed by atoms with Gasteiger partial charge in [-0.15, -0.1) is 11.3 Å². The Hall–Kier alpha value is -2.51. The highest BCUT2D eigenvalue weighted by Crippen LogP contribution is 2.24. The average molecular weight is 400 g/mol. The number of rotatable bonds is 6. The number of ketones is 1. The average Bonchev–Trinajstić information content (AvgIpc) is 3.03. The Labute approximate surface area is 169 Å². The van der Waals surface area contributed by atoms with Gasteiger partial charge in [-0.25, -0.2) is 4.98 Å². The lowest BCUT2D eigenvalue weighted by Gasteiger charge is -2.36. The van der Waals surface area contributed by atoms with Crippen LogP contribution in [0.25, 0.3) is 6.08 Å². The molecule has 0 atom stereocenters. The van der Waals surface area contributed by atoms with Gasteiger partial charge in [0.2, 0.25) is 5.91 Å². The zero-order chi connectivity index (χ0) is 20.1. The molecule has 0 unspecified atom stereocenters. The molecule has 1 saturated heterocycles. The van der Waals surface area contributed by atoms with E-state index in [-0.39, 0.29) is 11.7 Å². The number of para-hydroxylation sites is 1. The molecule has 1 aromatic carbocycles. The maximum atomic E-state index is 12.6. The second-order valence-electron chi connectivity index (χ2n) is 6.80. The molecule has 3 rings (SSSR count). The van der Waals surface area contributed by atoms with Crippen molar-refractivity contribution >= 4 is 34.8 Å². The number of carbonyl (C=O) groups is 2. The van der Waals surface area contributed by atoms with Gasteiger partial charge in [0, 0.05) is 36.7 Å². The molecular weight excluding hydrogens is 374 g/mol. The fourth-order valence-corrected chi connectivity index (χ4v) is 4.17. The van der Waals surface area contributed by atoms with Gasteiger partial charge < -0.3 is 14.9 Å². The van der Waals surface area contributed by atoms with E-state index in [1.54, 1.807) is 17.4 Å². The van der Waals surface area contributed by atoms with Crippen molar-refractivity contribution in [1.29, 1.82) is 0 Å². The van der Waals surface area contributed by atoms with Crippen LogP contribution in [0.3, 0.4) is 0 Å². The second kappa shape index (κ2) is 9.12. The molecule has 0 bridgehead atoms. The van der Waals surface area contributed by atoms with E-state index < -0.39 is 6.61 Å². The Balaban J connectivity index is 1.62. The molecule has 0 radical (unpaired) electrons. The van der Waals surface area contributed by atoms with Gasteiger partial charge in [-0.2, -0.15) is 0 Å². The predicted molar refractivity (Wildman–Crippen MR) is 112 cm³/mol.